The maximum atomic E-state index is 12.8. The van der Waals surface area contributed by atoms with Crippen molar-refractivity contribution in [2.45, 2.75) is 6.92 Å². The minimum atomic E-state index is -0.543. The summed E-state index contributed by atoms with van der Waals surface area (Å²) in [6.45, 7) is 1.92. The van der Waals surface area contributed by atoms with E-state index in [0.717, 1.165) is 5.56 Å². The van der Waals surface area contributed by atoms with Gasteiger partial charge >= 0.3 is 0 Å². The molecule has 1 aromatic heterocycles. The van der Waals surface area contributed by atoms with E-state index in [0.29, 0.717) is 16.5 Å². The molecule has 0 saturated carbocycles. The molecule has 2 N–H and O–H groups in total. The zero-order valence-corrected chi connectivity index (χ0v) is 16.3. The zero-order valence-electron chi connectivity index (χ0n) is 14.8. The highest BCUT2D eigenvalue weighted by molar-refractivity contribution is 6.36. The van der Waals surface area contributed by atoms with Gasteiger partial charge in [-0.1, -0.05) is 35.3 Å². The first-order valence-electron chi connectivity index (χ1n) is 8.32. The molecule has 2 aromatic carbocycles. The molecule has 142 valence electrons. The van der Waals surface area contributed by atoms with Crippen molar-refractivity contribution in [1.82, 2.24) is 5.32 Å². The molecule has 3 aromatic rings. The highest BCUT2D eigenvalue weighted by atomic mass is 35.5. The van der Waals surface area contributed by atoms with Crippen LogP contribution in [0.3, 0.4) is 0 Å². The predicted octanol–water partition coefficient (Wildman–Crippen LogP) is 5.30. The van der Waals surface area contributed by atoms with E-state index in [4.69, 9.17) is 27.6 Å². The predicted molar refractivity (Wildman–Crippen MR) is 110 cm³/mol. The number of benzene rings is 2. The number of rotatable bonds is 5. The Morgan fingerprint density at radius 2 is 1.86 bits per heavy atom. The van der Waals surface area contributed by atoms with Gasteiger partial charge in [0.2, 0.25) is 0 Å². The SMILES string of the molecule is Cc1cccc(NC(=O)/C(=C/c2ccco2)NC(=O)c2ccc(Cl)cc2Cl)c1. The summed E-state index contributed by atoms with van der Waals surface area (Å²) in [6.07, 6.45) is 2.91. The molecule has 0 unspecified atom stereocenters. The van der Waals surface area contributed by atoms with Gasteiger partial charge in [-0.15, -0.1) is 0 Å². The van der Waals surface area contributed by atoms with E-state index in [2.05, 4.69) is 10.6 Å². The number of furan rings is 1. The monoisotopic (exact) mass is 414 g/mol. The number of aryl methyl sites for hydroxylation is 1. The van der Waals surface area contributed by atoms with Crippen LogP contribution in [0.15, 0.2) is 71.0 Å². The number of carbonyl (C=O) groups is 2. The summed E-state index contributed by atoms with van der Waals surface area (Å²) >= 11 is 12.0. The third-order valence-electron chi connectivity index (χ3n) is 3.77. The number of hydrogen-bond donors (Lipinski definition) is 2. The van der Waals surface area contributed by atoms with Gasteiger partial charge in [-0.05, 0) is 55.0 Å². The molecule has 0 aliphatic rings. The van der Waals surface area contributed by atoms with Crippen LogP contribution in [0.25, 0.3) is 6.08 Å². The lowest BCUT2D eigenvalue weighted by molar-refractivity contribution is -0.113. The fourth-order valence-corrected chi connectivity index (χ4v) is 2.95. The summed E-state index contributed by atoms with van der Waals surface area (Å²) in [5, 5.41) is 5.94. The first kappa shape index (κ1) is 19.7. The molecule has 0 fully saturated rings. The lowest BCUT2D eigenvalue weighted by Crippen LogP contribution is -2.31. The normalized spacial score (nSPS) is 11.2. The van der Waals surface area contributed by atoms with E-state index in [1.165, 1.54) is 24.5 Å². The van der Waals surface area contributed by atoms with Crippen molar-refractivity contribution >= 4 is 46.8 Å². The van der Waals surface area contributed by atoms with Gasteiger partial charge in [-0.2, -0.15) is 0 Å². The average Bonchev–Trinajstić information content (AvgIpc) is 3.14. The maximum absolute atomic E-state index is 12.8. The number of amides is 2. The molecule has 5 nitrogen and oxygen atoms in total. The van der Waals surface area contributed by atoms with Crippen molar-refractivity contribution in [2.75, 3.05) is 5.32 Å². The van der Waals surface area contributed by atoms with Gasteiger partial charge in [-0.25, -0.2) is 0 Å². The van der Waals surface area contributed by atoms with Gasteiger partial charge in [-0.3, -0.25) is 9.59 Å². The van der Waals surface area contributed by atoms with Crippen LogP contribution in [0.2, 0.25) is 10.0 Å². The number of nitrogens with one attached hydrogen (secondary N) is 2. The van der Waals surface area contributed by atoms with E-state index < -0.39 is 11.8 Å². The summed E-state index contributed by atoms with van der Waals surface area (Å²) in [7, 11) is 0. The highest BCUT2D eigenvalue weighted by Crippen LogP contribution is 2.21. The van der Waals surface area contributed by atoms with Crippen LogP contribution in [0.1, 0.15) is 21.7 Å². The van der Waals surface area contributed by atoms with Gasteiger partial charge in [0.05, 0.1) is 16.8 Å². The van der Waals surface area contributed by atoms with Gasteiger partial charge in [0.25, 0.3) is 11.8 Å². The first-order chi connectivity index (χ1) is 13.4. The molecule has 0 aliphatic heterocycles. The van der Waals surface area contributed by atoms with Gasteiger partial charge < -0.3 is 15.1 Å². The Balaban J connectivity index is 1.87. The number of carbonyl (C=O) groups excluding carboxylic acids is 2. The van der Waals surface area contributed by atoms with E-state index in [-0.39, 0.29) is 16.3 Å². The molecule has 0 bridgehead atoms. The van der Waals surface area contributed by atoms with Crippen LogP contribution in [0.4, 0.5) is 5.69 Å². The molecule has 0 spiro atoms. The third kappa shape index (κ3) is 5.03. The molecule has 7 heteroatoms. The summed E-state index contributed by atoms with van der Waals surface area (Å²) in [6, 6.07) is 15.2. The van der Waals surface area contributed by atoms with Crippen molar-refractivity contribution in [2.24, 2.45) is 0 Å². The van der Waals surface area contributed by atoms with Crippen LogP contribution in [-0.2, 0) is 4.79 Å². The molecule has 1 heterocycles. The van der Waals surface area contributed by atoms with Crippen molar-refractivity contribution in [3.63, 3.8) is 0 Å². The quantitative estimate of drug-likeness (QED) is 0.556. The Kier molecular flexibility index (Phi) is 6.19. The standard InChI is InChI=1S/C21H16Cl2N2O3/c1-13-4-2-5-15(10-13)24-21(27)19(12-16-6-3-9-28-16)25-20(26)17-8-7-14(22)11-18(17)23/h2-12H,1H3,(H,24,27)(H,25,26)/b19-12-. The molecule has 3 rings (SSSR count). The highest BCUT2D eigenvalue weighted by Gasteiger charge is 2.17. The average molecular weight is 415 g/mol. The summed E-state index contributed by atoms with van der Waals surface area (Å²) in [5.74, 6) is -0.629. The fourth-order valence-electron chi connectivity index (χ4n) is 2.46. The number of hydrogen-bond acceptors (Lipinski definition) is 3. The van der Waals surface area contributed by atoms with Crippen molar-refractivity contribution in [1.29, 1.82) is 0 Å². The largest absolute Gasteiger partial charge is 0.465 e. The second-order valence-corrected chi connectivity index (χ2v) is 6.82. The third-order valence-corrected chi connectivity index (χ3v) is 4.32. The first-order valence-corrected chi connectivity index (χ1v) is 9.07. The molecule has 2 amide bonds. The molecule has 28 heavy (non-hydrogen) atoms. The Hall–Kier alpha value is -3.02. The maximum Gasteiger partial charge on any atom is 0.272 e. The molecule has 0 saturated heterocycles. The second kappa shape index (κ2) is 8.78. The van der Waals surface area contributed by atoms with Crippen molar-refractivity contribution in [3.8, 4) is 0 Å². The molecule has 0 atom stereocenters. The summed E-state index contributed by atoms with van der Waals surface area (Å²) in [5.41, 5.74) is 1.80. The molecular formula is C21H16Cl2N2O3. The minimum absolute atomic E-state index is 0.00692. The minimum Gasteiger partial charge on any atom is -0.465 e. The Morgan fingerprint density at radius 3 is 2.54 bits per heavy atom. The number of anilines is 1. The fraction of sp³-hybridized carbons (Fsp3) is 0.0476. The van der Waals surface area contributed by atoms with E-state index >= 15 is 0 Å². The molecular weight excluding hydrogens is 399 g/mol. The molecule has 0 aliphatic carbocycles. The van der Waals surface area contributed by atoms with E-state index in [1.807, 2.05) is 25.1 Å². The lowest BCUT2D eigenvalue weighted by atomic mass is 10.2. The number of halogens is 2. The Labute approximate surface area is 172 Å². The summed E-state index contributed by atoms with van der Waals surface area (Å²) < 4.78 is 5.26. The van der Waals surface area contributed by atoms with Crippen LogP contribution >= 0.6 is 23.2 Å². The topological polar surface area (TPSA) is 71.3 Å². The second-order valence-electron chi connectivity index (χ2n) is 5.98. The van der Waals surface area contributed by atoms with Gasteiger partial charge in [0, 0.05) is 16.8 Å². The van der Waals surface area contributed by atoms with Gasteiger partial charge in [0.1, 0.15) is 11.5 Å². The van der Waals surface area contributed by atoms with E-state index in [9.17, 15) is 9.59 Å². The van der Waals surface area contributed by atoms with Crippen LogP contribution in [0.5, 0.6) is 0 Å². The van der Waals surface area contributed by atoms with Crippen molar-refractivity contribution < 1.29 is 14.0 Å². The summed E-state index contributed by atoms with van der Waals surface area (Å²) in [4.78, 5) is 25.4. The van der Waals surface area contributed by atoms with Crippen LogP contribution in [-0.4, -0.2) is 11.8 Å². The molecule has 0 radical (unpaired) electrons. The van der Waals surface area contributed by atoms with Gasteiger partial charge in [0.15, 0.2) is 0 Å². The zero-order chi connectivity index (χ0) is 20.1. The van der Waals surface area contributed by atoms with Crippen molar-refractivity contribution in [3.05, 3.63) is 93.5 Å². The van der Waals surface area contributed by atoms with Crippen LogP contribution in [0, 0.1) is 6.92 Å². The van der Waals surface area contributed by atoms with E-state index in [1.54, 1.807) is 24.3 Å². The Morgan fingerprint density at radius 1 is 1.04 bits per heavy atom. The Bertz CT molecular complexity index is 1040. The smallest absolute Gasteiger partial charge is 0.272 e. The lowest BCUT2D eigenvalue weighted by Gasteiger charge is -2.12. The van der Waals surface area contributed by atoms with Crippen LogP contribution < -0.4 is 10.6 Å².